The number of guanidine groups is 1. The summed E-state index contributed by atoms with van der Waals surface area (Å²) in [5, 5.41) is 24.1. The Balaban J connectivity index is -0.000000333. The topological polar surface area (TPSA) is 245 Å². The summed E-state index contributed by atoms with van der Waals surface area (Å²) in [6, 6.07) is -0.820. The summed E-state index contributed by atoms with van der Waals surface area (Å²) in [6.45, 7) is 3.75. The molecule has 0 amide bonds. The number of nitrogens with two attached hydrogens (primary N) is 4. The molecule has 0 spiro atoms. The van der Waals surface area contributed by atoms with Gasteiger partial charge < -0.3 is 38.3 Å². The largest absolute Gasteiger partial charge is 0.480 e. The lowest BCUT2D eigenvalue weighted by Crippen LogP contribution is -2.30. The van der Waals surface area contributed by atoms with Crippen LogP contribution in [0.3, 0.4) is 0 Å². The maximum atomic E-state index is 10.4. The highest BCUT2D eigenvalue weighted by molar-refractivity contribution is 6.32. The molecule has 0 aromatic carbocycles. The second-order valence-corrected chi connectivity index (χ2v) is 5.32. The molecule has 0 heterocycles. The number of carbonyl (C=O) groups excluding carboxylic acids is 1. The molecule has 0 bridgehead atoms. The molecule has 0 unspecified atom stereocenters. The van der Waals surface area contributed by atoms with Crippen molar-refractivity contribution in [2.45, 2.75) is 39.2 Å². The van der Waals surface area contributed by atoms with Gasteiger partial charge in [-0.1, -0.05) is 13.8 Å². The van der Waals surface area contributed by atoms with Crippen LogP contribution in [0.2, 0.25) is 0 Å². The minimum atomic E-state index is -1.33. The molecule has 0 aromatic heterocycles. The van der Waals surface area contributed by atoms with E-state index in [1.165, 1.54) is 0 Å². The lowest BCUT2D eigenvalue weighted by molar-refractivity contribution is -0.149. The molecule has 11 N–H and O–H groups in total. The highest BCUT2D eigenvalue weighted by Crippen LogP contribution is 1.99. The smallest absolute Gasteiger partial charge is 0.372 e. The van der Waals surface area contributed by atoms with Crippen molar-refractivity contribution in [1.29, 1.82) is 0 Å². The molecule has 0 aromatic rings. The van der Waals surface area contributed by atoms with E-state index in [-0.39, 0.29) is 24.8 Å². The minimum Gasteiger partial charge on any atom is -0.480 e. The first-order chi connectivity index (χ1) is 11.8. The Morgan fingerprint density at radius 2 is 1.50 bits per heavy atom. The van der Waals surface area contributed by atoms with Crippen molar-refractivity contribution in [2.75, 3.05) is 13.1 Å². The number of carbonyl (C=O) groups is 4. The van der Waals surface area contributed by atoms with Crippen LogP contribution in [0.1, 0.15) is 33.1 Å². The van der Waals surface area contributed by atoms with Gasteiger partial charge >= 0.3 is 17.9 Å². The second kappa shape index (κ2) is 17.1. The predicted molar refractivity (Wildman–Crippen MR) is 94.3 cm³/mol. The SMILES string of the molecule is CC(C)CC(=O)C(=O)O.NC(N)=NCCC[C@H](N)C(=O)O.NCC(=O)O. The van der Waals surface area contributed by atoms with E-state index in [1.54, 1.807) is 13.8 Å². The number of carboxylic acid groups (broad SMARTS) is 3. The highest BCUT2D eigenvalue weighted by atomic mass is 16.4. The number of hydrogen-bond donors (Lipinski definition) is 7. The Labute approximate surface area is 151 Å². The summed E-state index contributed by atoms with van der Waals surface area (Å²) in [5.41, 5.74) is 19.9. The van der Waals surface area contributed by atoms with Crippen molar-refractivity contribution in [1.82, 2.24) is 0 Å². The van der Waals surface area contributed by atoms with Gasteiger partial charge in [-0.2, -0.15) is 0 Å². The van der Waals surface area contributed by atoms with Crippen LogP contribution in [0, 0.1) is 5.92 Å². The molecule has 12 heteroatoms. The first kappa shape index (κ1) is 28.1. The van der Waals surface area contributed by atoms with Crippen LogP contribution in [0.15, 0.2) is 4.99 Å². The van der Waals surface area contributed by atoms with Gasteiger partial charge in [-0.05, 0) is 18.8 Å². The van der Waals surface area contributed by atoms with Gasteiger partial charge in [-0.15, -0.1) is 0 Å². The van der Waals surface area contributed by atoms with E-state index < -0.39 is 29.7 Å². The Kier molecular flexibility index (Phi) is 18.5. The molecule has 0 aliphatic heterocycles. The first-order valence-corrected chi connectivity index (χ1v) is 7.56. The van der Waals surface area contributed by atoms with Crippen molar-refractivity contribution >= 4 is 29.7 Å². The summed E-state index contributed by atoms with van der Waals surface area (Å²) in [5.74, 6) is -3.86. The molecule has 1 atom stereocenters. The lowest BCUT2D eigenvalue weighted by atomic mass is 10.1. The van der Waals surface area contributed by atoms with Crippen molar-refractivity contribution in [3.63, 3.8) is 0 Å². The Bertz CT molecular complexity index is 476. The number of aliphatic carboxylic acids is 3. The minimum absolute atomic E-state index is 0.0129. The predicted octanol–water partition coefficient (Wildman–Crippen LogP) is -1.83. The van der Waals surface area contributed by atoms with Gasteiger partial charge in [0.1, 0.15) is 6.04 Å². The van der Waals surface area contributed by atoms with E-state index in [9.17, 15) is 19.2 Å². The zero-order chi connectivity index (χ0) is 21.3. The molecule has 152 valence electrons. The van der Waals surface area contributed by atoms with Gasteiger partial charge in [0.05, 0.1) is 6.54 Å². The fourth-order valence-corrected chi connectivity index (χ4v) is 1.10. The van der Waals surface area contributed by atoms with Crippen LogP contribution in [-0.2, 0) is 19.2 Å². The van der Waals surface area contributed by atoms with Gasteiger partial charge in [-0.25, -0.2) is 4.79 Å². The van der Waals surface area contributed by atoms with Crippen molar-refractivity contribution in [3.05, 3.63) is 0 Å². The van der Waals surface area contributed by atoms with E-state index in [4.69, 9.17) is 32.5 Å². The molecular formula is C14H29N5O7. The van der Waals surface area contributed by atoms with Gasteiger partial charge in [-0.3, -0.25) is 19.4 Å². The molecule has 0 saturated heterocycles. The van der Waals surface area contributed by atoms with Crippen LogP contribution in [-0.4, -0.2) is 64.1 Å². The number of hydrogen-bond acceptors (Lipinski definition) is 7. The zero-order valence-electron chi connectivity index (χ0n) is 14.9. The zero-order valence-corrected chi connectivity index (χ0v) is 14.9. The van der Waals surface area contributed by atoms with E-state index in [0.29, 0.717) is 19.4 Å². The first-order valence-electron chi connectivity index (χ1n) is 7.56. The number of ketones is 1. The quantitative estimate of drug-likeness (QED) is 0.101. The summed E-state index contributed by atoms with van der Waals surface area (Å²) in [4.78, 5) is 43.4. The molecule has 0 aliphatic rings. The average Bonchev–Trinajstić information content (AvgIpc) is 2.51. The number of carboxylic acids is 3. The summed E-state index contributed by atoms with van der Waals surface area (Å²) < 4.78 is 0. The van der Waals surface area contributed by atoms with Crippen LogP contribution >= 0.6 is 0 Å². The normalized spacial score (nSPS) is 10.3. The third-order valence-corrected chi connectivity index (χ3v) is 2.29. The molecular weight excluding hydrogens is 350 g/mol. The Morgan fingerprint density at radius 1 is 1.04 bits per heavy atom. The number of nitrogens with zero attached hydrogens (tertiary/aromatic N) is 1. The molecule has 0 radical (unpaired) electrons. The Morgan fingerprint density at radius 3 is 1.73 bits per heavy atom. The summed E-state index contributed by atoms with van der Waals surface area (Å²) >= 11 is 0. The van der Waals surface area contributed by atoms with E-state index in [0.717, 1.165) is 0 Å². The van der Waals surface area contributed by atoms with Crippen LogP contribution in [0.4, 0.5) is 0 Å². The maximum Gasteiger partial charge on any atom is 0.372 e. The van der Waals surface area contributed by atoms with Crippen molar-refractivity contribution in [2.24, 2.45) is 33.8 Å². The molecule has 0 saturated carbocycles. The van der Waals surface area contributed by atoms with Crippen molar-refractivity contribution in [3.8, 4) is 0 Å². The molecule has 0 fully saturated rings. The molecule has 12 nitrogen and oxygen atoms in total. The van der Waals surface area contributed by atoms with Gasteiger partial charge in [0, 0.05) is 13.0 Å². The third kappa shape index (κ3) is 26.2. The van der Waals surface area contributed by atoms with Gasteiger partial charge in [0.25, 0.3) is 0 Å². The third-order valence-electron chi connectivity index (χ3n) is 2.29. The molecule has 26 heavy (non-hydrogen) atoms. The van der Waals surface area contributed by atoms with Crippen LogP contribution < -0.4 is 22.9 Å². The molecule has 0 rings (SSSR count). The van der Waals surface area contributed by atoms with Crippen molar-refractivity contribution < 1.29 is 34.5 Å². The fraction of sp³-hybridized carbons (Fsp3) is 0.643. The van der Waals surface area contributed by atoms with E-state index in [2.05, 4.69) is 10.7 Å². The highest BCUT2D eigenvalue weighted by Gasteiger charge is 2.12. The maximum absolute atomic E-state index is 10.4. The molecule has 0 aliphatic carbocycles. The van der Waals surface area contributed by atoms with Crippen LogP contribution in [0.5, 0.6) is 0 Å². The summed E-state index contributed by atoms with van der Waals surface area (Å²) in [7, 11) is 0. The second-order valence-electron chi connectivity index (χ2n) is 5.32. The lowest BCUT2D eigenvalue weighted by Gasteiger charge is -2.03. The standard InChI is InChI=1S/C6H14N4O2.C6H10O3.C2H5NO2/c7-4(5(11)12)2-1-3-10-6(8)9;1-4(2)3-5(7)6(8)9;3-1-2(4)5/h4H,1-3,7H2,(H,11,12)(H4,8,9,10);4H,3H2,1-2H3,(H,8,9);1,3H2,(H,4,5)/t4-;;/m0../s1. The fourth-order valence-electron chi connectivity index (χ4n) is 1.10. The van der Waals surface area contributed by atoms with E-state index >= 15 is 0 Å². The van der Waals surface area contributed by atoms with Gasteiger partial charge in [0.15, 0.2) is 5.96 Å². The number of rotatable bonds is 9. The van der Waals surface area contributed by atoms with Gasteiger partial charge in [0.2, 0.25) is 5.78 Å². The number of Topliss-reactive ketones (excluding diaryl/α,β-unsaturated/α-hetero) is 1. The monoisotopic (exact) mass is 379 g/mol. The Hall–Kier alpha value is -2.73. The average molecular weight is 379 g/mol. The van der Waals surface area contributed by atoms with Crippen LogP contribution in [0.25, 0.3) is 0 Å². The summed E-state index contributed by atoms with van der Waals surface area (Å²) in [6.07, 6.45) is 1.09. The van der Waals surface area contributed by atoms with E-state index in [1.807, 2.05) is 0 Å². The number of aliphatic imine (C=N–C) groups is 1.